The number of alkyl carbamates (subject to hydrolysis) is 1. The summed E-state index contributed by atoms with van der Waals surface area (Å²) in [5, 5.41) is 11.9. The van der Waals surface area contributed by atoms with Gasteiger partial charge in [-0.2, -0.15) is 0 Å². The van der Waals surface area contributed by atoms with Gasteiger partial charge in [0.15, 0.2) is 0 Å². The van der Waals surface area contributed by atoms with E-state index >= 15 is 0 Å². The molecular weight excluding hydrogens is 294 g/mol. The second-order valence-corrected chi connectivity index (χ2v) is 5.25. The van der Waals surface area contributed by atoms with Gasteiger partial charge < -0.3 is 15.2 Å². The maximum atomic E-state index is 11.7. The highest BCUT2D eigenvalue weighted by Gasteiger charge is 2.21. The van der Waals surface area contributed by atoms with Crippen LogP contribution in [0.1, 0.15) is 22.6 Å². The molecule has 5 nitrogen and oxygen atoms in total. The predicted molar refractivity (Wildman–Crippen MR) is 86.2 cm³/mol. The first-order valence-electron chi connectivity index (χ1n) is 7.30. The van der Waals surface area contributed by atoms with Gasteiger partial charge in [-0.1, -0.05) is 60.2 Å². The smallest absolute Gasteiger partial charge is 0.407 e. The van der Waals surface area contributed by atoms with E-state index in [1.165, 1.54) is 0 Å². The first-order valence-corrected chi connectivity index (χ1v) is 7.30. The lowest BCUT2D eigenvalue weighted by Crippen LogP contribution is -2.32. The summed E-state index contributed by atoms with van der Waals surface area (Å²) in [4.78, 5) is 23.1. The van der Waals surface area contributed by atoms with Crippen LogP contribution in [0.5, 0.6) is 0 Å². The summed E-state index contributed by atoms with van der Waals surface area (Å²) < 4.78 is 5.07. The largest absolute Gasteiger partial charge is 0.481 e. The molecule has 0 aliphatic rings. The minimum absolute atomic E-state index is 0.0214. The molecule has 0 heterocycles. The molecule has 0 aliphatic heterocycles. The fourth-order valence-electron chi connectivity index (χ4n) is 2.19. The second kappa shape index (κ2) is 7.98. The zero-order valence-corrected chi connectivity index (χ0v) is 12.9. The van der Waals surface area contributed by atoms with Crippen molar-refractivity contribution in [3.8, 4) is 0 Å². The van der Waals surface area contributed by atoms with E-state index in [0.29, 0.717) is 5.56 Å². The van der Waals surface area contributed by atoms with Gasteiger partial charge in [-0.25, -0.2) is 4.79 Å². The molecule has 2 aromatic carbocycles. The average molecular weight is 313 g/mol. The summed E-state index contributed by atoms with van der Waals surface area (Å²) in [6.45, 7) is 2.02. The van der Waals surface area contributed by atoms with E-state index in [9.17, 15) is 14.7 Å². The Morgan fingerprint density at radius 2 is 1.87 bits per heavy atom. The summed E-state index contributed by atoms with van der Waals surface area (Å²) in [6.07, 6.45) is -0.632. The van der Waals surface area contributed by atoms with Crippen molar-refractivity contribution in [3.63, 3.8) is 0 Å². The van der Waals surface area contributed by atoms with Crippen LogP contribution in [-0.4, -0.2) is 23.7 Å². The SMILES string of the molecule is Cc1cccc(C(CNC(=O)OCc2ccccc2)C(=O)O)c1. The summed E-state index contributed by atoms with van der Waals surface area (Å²) in [7, 11) is 0. The number of hydrogen-bond acceptors (Lipinski definition) is 3. The number of ether oxygens (including phenoxy) is 1. The van der Waals surface area contributed by atoms with E-state index in [0.717, 1.165) is 11.1 Å². The highest BCUT2D eigenvalue weighted by molar-refractivity contribution is 5.77. The Kier molecular flexibility index (Phi) is 5.74. The number of carboxylic acids is 1. The standard InChI is InChI=1S/C18H19NO4/c1-13-6-5-9-15(10-13)16(17(20)21)11-19-18(22)23-12-14-7-3-2-4-8-14/h2-10,16H,11-12H2,1H3,(H,19,22)(H,20,21). The molecule has 0 saturated carbocycles. The van der Waals surface area contributed by atoms with Gasteiger partial charge in [-0.3, -0.25) is 4.79 Å². The number of aryl methyl sites for hydroxylation is 1. The summed E-state index contributed by atoms with van der Waals surface area (Å²) in [5.41, 5.74) is 2.50. The van der Waals surface area contributed by atoms with Gasteiger partial charge in [0.25, 0.3) is 0 Å². The van der Waals surface area contributed by atoms with Crippen molar-refractivity contribution in [2.45, 2.75) is 19.4 Å². The molecule has 23 heavy (non-hydrogen) atoms. The molecule has 0 fully saturated rings. The number of carboxylic acid groups (broad SMARTS) is 1. The van der Waals surface area contributed by atoms with E-state index in [1.807, 2.05) is 43.3 Å². The zero-order valence-electron chi connectivity index (χ0n) is 12.9. The van der Waals surface area contributed by atoms with E-state index in [1.54, 1.807) is 18.2 Å². The number of aliphatic carboxylic acids is 1. The van der Waals surface area contributed by atoms with E-state index in [-0.39, 0.29) is 13.2 Å². The Bertz CT molecular complexity index is 670. The second-order valence-electron chi connectivity index (χ2n) is 5.25. The molecule has 1 atom stereocenters. The number of amides is 1. The topological polar surface area (TPSA) is 75.6 Å². The van der Waals surface area contributed by atoms with Gasteiger partial charge in [0, 0.05) is 6.54 Å². The molecule has 1 amide bonds. The van der Waals surface area contributed by atoms with Crippen LogP contribution in [0.4, 0.5) is 4.79 Å². The zero-order chi connectivity index (χ0) is 16.7. The van der Waals surface area contributed by atoms with Crippen molar-refractivity contribution >= 4 is 12.1 Å². The predicted octanol–water partition coefficient (Wildman–Crippen LogP) is 3.09. The van der Waals surface area contributed by atoms with Gasteiger partial charge in [0.2, 0.25) is 0 Å². The van der Waals surface area contributed by atoms with Crippen LogP contribution in [0.15, 0.2) is 54.6 Å². The Labute approximate surface area is 134 Å². The van der Waals surface area contributed by atoms with E-state index in [4.69, 9.17) is 4.74 Å². The Hall–Kier alpha value is -2.82. The van der Waals surface area contributed by atoms with Crippen LogP contribution in [0.2, 0.25) is 0 Å². The minimum Gasteiger partial charge on any atom is -0.481 e. The maximum Gasteiger partial charge on any atom is 0.407 e. The molecule has 2 rings (SSSR count). The molecular formula is C18H19NO4. The molecule has 0 aromatic heterocycles. The van der Waals surface area contributed by atoms with Gasteiger partial charge in [-0.15, -0.1) is 0 Å². The van der Waals surface area contributed by atoms with Crippen LogP contribution in [0.25, 0.3) is 0 Å². The minimum atomic E-state index is -0.987. The van der Waals surface area contributed by atoms with Gasteiger partial charge in [0.1, 0.15) is 6.61 Å². The lowest BCUT2D eigenvalue weighted by atomic mass is 9.98. The molecule has 0 radical (unpaired) electrons. The third-order valence-corrected chi connectivity index (χ3v) is 3.41. The lowest BCUT2D eigenvalue weighted by Gasteiger charge is -2.14. The Morgan fingerprint density at radius 3 is 2.52 bits per heavy atom. The van der Waals surface area contributed by atoms with Gasteiger partial charge >= 0.3 is 12.1 Å². The fourth-order valence-corrected chi connectivity index (χ4v) is 2.19. The normalized spacial score (nSPS) is 11.5. The maximum absolute atomic E-state index is 11.7. The molecule has 1 unspecified atom stereocenters. The Balaban J connectivity index is 1.89. The van der Waals surface area contributed by atoms with Crippen molar-refractivity contribution in [1.29, 1.82) is 0 Å². The molecule has 0 bridgehead atoms. The third kappa shape index (κ3) is 5.14. The molecule has 5 heteroatoms. The number of nitrogens with one attached hydrogen (secondary N) is 1. The monoisotopic (exact) mass is 313 g/mol. The highest BCUT2D eigenvalue weighted by atomic mass is 16.5. The lowest BCUT2D eigenvalue weighted by molar-refractivity contribution is -0.138. The van der Waals surface area contributed by atoms with Crippen molar-refractivity contribution in [3.05, 3.63) is 71.3 Å². The molecule has 0 spiro atoms. The summed E-state index contributed by atoms with van der Waals surface area (Å²) >= 11 is 0. The first kappa shape index (κ1) is 16.5. The number of carbonyl (C=O) groups excluding carboxylic acids is 1. The van der Waals surface area contributed by atoms with Crippen molar-refractivity contribution in [2.24, 2.45) is 0 Å². The molecule has 0 aliphatic carbocycles. The van der Waals surface area contributed by atoms with Crippen LogP contribution in [0, 0.1) is 6.92 Å². The number of benzene rings is 2. The average Bonchev–Trinajstić information content (AvgIpc) is 2.54. The van der Waals surface area contributed by atoms with Gasteiger partial charge in [-0.05, 0) is 18.1 Å². The number of rotatable bonds is 6. The van der Waals surface area contributed by atoms with E-state index in [2.05, 4.69) is 5.32 Å². The molecule has 2 aromatic rings. The van der Waals surface area contributed by atoms with Crippen molar-refractivity contribution < 1.29 is 19.4 Å². The van der Waals surface area contributed by atoms with Crippen molar-refractivity contribution in [1.82, 2.24) is 5.32 Å². The number of hydrogen-bond donors (Lipinski definition) is 2. The summed E-state index contributed by atoms with van der Waals surface area (Å²) in [6, 6.07) is 16.5. The van der Waals surface area contributed by atoms with Crippen molar-refractivity contribution in [2.75, 3.05) is 6.54 Å². The van der Waals surface area contributed by atoms with E-state index < -0.39 is 18.0 Å². The fraction of sp³-hybridized carbons (Fsp3) is 0.222. The van der Waals surface area contributed by atoms with Crippen LogP contribution >= 0.6 is 0 Å². The Morgan fingerprint density at radius 1 is 1.13 bits per heavy atom. The molecule has 120 valence electrons. The van der Waals surface area contributed by atoms with Crippen LogP contribution < -0.4 is 5.32 Å². The molecule has 2 N–H and O–H groups in total. The summed E-state index contributed by atoms with van der Waals surface area (Å²) in [5.74, 6) is -1.79. The highest BCUT2D eigenvalue weighted by Crippen LogP contribution is 2.16. The third-order valence-electron chi connectivity index (χ3n) is 3.41. The van der Waals surface area contributed by atoms with Gasteiger partial charge in [0.05, 0.1) is 5.92 Å². The first-order chi connectivity index (χ1) is 11.1. The van der Waals surface area contributed by atoms with Crippen LogP contribution in [-0.2, 0) is 16.1 Å². The molecule has 0 saturated heterocycles. The number of carbonyl (C=O) groups is 2. The van der Waals surface area contributed by atoms with Crippen LogP contribution in [0.3, 0.4) is 0 Å². The quantitative estimate of drug-likeness (QED) is 0.859.